The van der Waals surface area contributed by atoms with Crippen LogP contribution in [0, 0.1) is 13.8 Å². The molecule has 2 aromatic heterocycles. The Morgan fingerprint density at radius 1 is 1.33 bits per heavy atom. The van der Waals surface area contributed by atoms with E-state index in [-0.39, 0.29) is 5.76 Å². The Kier molecular flexibility index (Phi) is 3.22. The lowest BCUT2D eigenvalue weighted by atomic mass is 10.1. The summed E-state index contributed by atoms with van der Waals surface area (Å²) >= 11 is 5.87. The van der Waals surface area contributed by atoms with E-state index < -0.39 is 5.97 Å². The number of hydrogen-bond donors (Lipinski definition) is 1. The maximum absolute atomic E-state index is 11.1. The number of aromatic nitrogens is 2. The molecule has 0 saturated carbocycles. The van der Waals surface area contributed by atoms with Gasteiger partial charge in [-0.25, -0.2) is 4.79 Å². The van der Waals surface area contributed by atoms with Crippen LogP contribution < -0.4 is 0 Å². The lowest BCUT2D eigenvalue weighted by Gasteiger charge is -2.05. The van der Waals surface area contributed by atoms with E-state index in [1.807, 2.05) is 31.2 Å². The Labute approximate surface area is 125 Å². The number of benzene rings is 1. The summed E-state index contributed by atoms with van der Waals surface area (Å²) in [4.78, 5) is 11.1. The first-order valence-electron chi connectivity index (χ1n) is 6.41. The van der Waals surface area contributed by atoms with Crippen LogP contribution in [0.3, 0.4) is 0 Å². The Morgan fingerprint density at radius 2 is 2.00 bits per heavy atom. The number of carboxylic acid groups (broad SMARTS) is 1. The fourth-order valence-electron chi connectivity index (χ4n) is 2.43. The number of carboxylic acids is 1. The molecule has 5 nitrogen and oxygen atoms in total. The SMILES string of the molecule is Cc1c(C(=O)O)oc2nn(Cc3ccc(Cl)cc3)c(C)c12. The molecular weight excluding hydrogens is 292 g/mol. The van der Waals surface area contributed by atoms with Crippen LogP contribution in [0.4, 0.5) is 0 Å². The standard InChI is InChI=1S/C15H13ClN2O3/c1-8-12-9(2)18(7-10-3-5-11(16)6-4-10)17-14(12)21-13(8)15(19)20/h3-6H,7H2,1-2H3,(H,19,20). The molecule has 3 aromatic rings. The fourth-order valence-corrected chi connectivity index (χ4v) is 2.56. The van der Waals surface area contributed by atoms with Crippen molar-refractivity contribution in [1.82, 2.24) is 9.78 Å². The molecule has 0 atom stereocenters. The van der Waals surface area contributed by atoms with Crippen molar-refractivity contribution in [3.8, 4) is 0 Å². The van der Waals surface area contributed by atoms with Gasteiger partial charge in [-0.05, 0) is 31.5 Å². The maximum atomic E-state index is 11.1. The van der Waals surface area contributed by atoms with Crippen LogP contribution in [0.2, 0.25) is 5.02 Å². The van der Waals surface area contributed by atoms with Gasteiger partial charge in [0, 0.05) is 16.3 Å². The molecule has 1 N–H and O–H groups in total. The maximum Gasteiger partial charge on any atom is 0.372 e. The first kappa shape index (κ1) is 13.7. The molecule has 0 radical (unpaired) electrons. The van der Waals surface area contributed by atoms with Crippen LogP contribution >= 0.6 is 11.6 Å². The van der Waals surface area contributed by atoms with E-state index in [0.717, 1.165) is 16.6 Å². The van der Waals surface area contributed by atoms with Crippen LogP contribution in [0.5, 0.6) is 0 Å². The molecule has 3 rings (SSSR count). The van der Waals surface area contributed by atoms with Gasteiger partial charge in [0.25, 0.3) is 0 Å². The summed E-state index contributed by atoms with van der Waals surface area (Å²) in [6.07, 6.45) is 0. The topological polar surface area (TPSA) is 68.3 Å². The van der Waals surface area contributed by atoms with E-state index in [1.54, 1.807) is 11.6 Å². The second-order valence-corrected chi connectivity index (χ2v) is 5.35. The van der Waals surface area contributed by atoms with Gasteiger partial charge >= 0.3 is 5.97 Å². The van der Waals surface area contributed by atoms with Crippen molar-refractivity contribution in [3.05, 3.63) is 51.9 Å². The van der Waals surface area contributed by atoms with Crippen molar-refractivity contribution in [2.24, 2.45) is 0 Å². The monoisotopic (exact) mass is 304 g/mol. The molecule has 0 amide bonds. The molecule has 0 bridgehead atoms. The van der Waals surface area contributed by atoms with Gasteiger partial charge in [-0.3, -0.25) is 4.68 Å². The van der Waals surface area contributed by atoms with E-state index >= 15 is 0 Å². The molecule has 0 unspecified atom stereocenters. The largest absolute Gasteiger partial charge is 0.475 e. The summed E-state index contributed by atoms with van der Waals surface area (Å²) in [6.45, 7) is 4.21. The zero-order chi connectivity index (χ0) is 15.1. The molecule has 0 spiro atoms. The van der Waals surface area contributed by atoms with Gasteiger partial charge in [-0.1, -0.05) is 23.7 Å². The first-order valence-corrected chi connectivity index (χ1v) is 6.79. The third-order valence-corrected chi connectivity index (χ3v) is 3.78. The third-order valence-electron chi connectivity index (χ3n) is 3.53. The predicted octanol–water partition coefficient (Wildman–Crippen LogP) is 3.65. The minimum absolute atomic E-state index is 0.0470. The Balaban J connectivity index is 2.02. The van der Waals surface area contributed by atoms with Gasteiger partial charge in [0.1, 0.15) is 0 Å². The first-order chi connectivity index (χ1) is 9.97. The number of hydrogen-bond acceptors (Lipinski definition) is 3. The molecule has 0 aliphatic rings. The number of halogens is 1. The molecule has 0 aliphatic carbocycles. The molecule has 108 valence electrons. The highest BCUT2D eigenvalue weighted by molar-refractivity contribution is 6.30. The average Bonchev–Trinajstić information content (AvgIpc) is 2.91. The van der Waals surface area contributed by atoms with Gasteiger partial charge in [-0.15, -0.1) is 5.10 Å². The summed E-state index contributed by atoms with van der Waals surface area (Å²) in [5.74, 6) is -1.12. The van der Waals surface area contributed by atoms with Crippen LogP contribution in [0.15, 0.2) is 28.7 Å². The van der Waals surface area contributed by atoms with E-state index in [9.17, 15) is 4.79 Å². The zero-order valence-electron chi connectivity index (χ0n) is 11.6. The minimum atomic E-state index is -1.07. The highest BCUT2D eigenvalue weighted by Gasteiger charge is 2.22. The van der Waals surface area contributed by atoms with Crippen molar-refractivity contribution in [1.29, 1.82) is 0 Å². The normalized spacial score (nSPS) is 11.2. The molecule has 0 saturated heterocycles. The third kappa shape index (κ3) is 2.29. The molecule has 0 fully saturated rings. The summed E-state index contributed by atoms with van der Waals surface area (Å²) in [6, 6.07) is 7.52. The summed E-state index contributed by atoms with van der Waals surface area (Å²) in [5.41, 5.74) is 2.91. The zero-order valence-corrected chi connectivity index (χ0v) is 12.3. The van der Waals surface area contributed by atoms with E-state index in [1.165, 1.54) is 0 Å². The van der Waals surface area contributed by atoms with Crippen molar-refractivity contribution in [2.75, 3.05) is 0 Å². The second-order valence-electron chi connectivity index (χ2n) is 4.91. The number of aromatic carboxylic acids is 1. The second kappa shape index (κ2) is 4.93. The van der Waals surface area contributed by atoms with Gasteiger partial charge in [0.2, 0.25) is 11.5 Å². The van der Waals surface area contributed by atoms with Crippen molar-refractivity contribution in [3.63, 3.8) is 0 Å². The smallest absolute Gasteiger partial charge is 0.372 e. The molecule has 2 heterocycles. The van der Waals surface area contributed by atoms with E-state index in [0.29, 0.717) is 22.8 Å². The van der Waals surface area contributed by atoms with Crippen LogP contribution in [-0.2, 0) is 6.54 Å². The fraction of sp³-hybridized carbons (Fsp3) is 0.200. The number of furan rings is 1. The van der Waals surface area contributed by atoms with Crippen LogP contribution in [0.1, 0.15) is 27.4 Å². The Bertz CT molecular complexity index is 831. The van der Waals surface area contributed by atoms with E-state index in [2.05, 4.69) is 5.10 Å². The predicted molar refractivity (Wildman–Crippen MR) is 79.0 cm³/mol. The summed E-state index contributed by atoms with van der Waals surface area (Å²) in [7, 11) is 0. The Hall–Kier alpha value is -2.27. The van der Waals surface area contributed by atoms with Crippen LogP contribution in [-0.4, -0.2) is 20.9 Å². The highest BCUT2D eigenvalue weighted by atomic mass is 35.5. The lowest BCUT2D eigenvalue weighted by molar-refractivity contribution is 0.0663. The number of rotatable bonds is 3. The number of nitrogens with zero attached hydrogens (tertiary/aromatic N) is 2. The van der Waals surface area contributed by atoms with Gasteiger partial charge in [-0.2, -0.15) is 0 Å². The molecule has 21 heavy (non-hydrogen) atoms. The van der Waals surface area contributed by atoms with Crippen molar-refractivity contribution in [2.45, 2.75) is 20.4 Å². The minimum Gasteiger partial charge on any atom is -0.475 e. The van der Waals surface area contributed by atoms with Gasteiger partial charge in [0.05, 0.1) is 11.9 Å². The molecule has 6 heteroatoms. The highest BCUT2D eigenvalue weighted by Crippen LogP contribution is 2.28. The van der Waals surface area contributed by atoms with Crippen LogP contribution in [0.25, 0.3) is 11.1 Å². The molecular formula is C15H13ClN2O3. The van der Waals surface area contributed by atoms with Gasteiger partial charge < -0.3 is 9.52 Å². The quantitative estimate of drug-likeness (QED) is 0.802. The molecule has 0 aliphatic heterocycles. The van der Waals surface area contributed by atoms with Gasteiger partial charge in [0.15, 0.2) is 0 Å². The Morgan fingerprint density at radius 3 is 2.57 bits per heavy atom. The summed E-state index contributed by atoms with van der Waals surface area (Å²) < 4.78 is 7.13. The van der Waals surface area contributed by atoms with Crippen molar-refractivity contribution < 1.29 is 14.3 Å². The number of fused-ring (bicyclic) bond motifs is 1. The average molecular weight is 305 g/mol. The lowest BCUT2D eigenvalue weighted by Crippen LogP contribution is -2.04. The number of carbonyl (C=O) groups is 1. The molecule has 1 aromatic carbocycles. The van der Waals surface area contributed by atoms with Crippen molar-refractivity contribution >= 4 is 28.7 Å². The summed E-state index contributed by atoms with van der Waals surface area (Å²) in [5, 5.41) is 14.9. The number of aryl methyl sites for hydroxylation is 2. The van der Waals surface area contributed by atoms with E-state index in [4.69, 9.17) is 21.1 Å².